The van der Waals surface area contributed by atoms with E-state index in [-0.39, 0.29) is 11.5 Å². The Hall–Kier alpha value is -2.36. The molecule has 0 aliphatic carbocycles. The average Bonchev–Trinajstić information content (AvgIpc) is 2.43. The van der Waals surface area contributed by atoms with Gasteiger partial charge in [0.1, 0.15) is 0 Å². The summed E-state index contributed by atoms with van der Waals surface area (Å²) in [6, 6.07) is 13.8. The van der Waals surface area contributed by atoms with Crippen LogP contribution in [0.3, 0.4) is 0 Å². The Labute approximate surface area is 112 Å². The van der Waals surface area contributed by atoms with E-state index in [0.29, 0.717) is 18.1 Å². The van der Waals surface area contributed by atoms with Gasteiger partial charge in [-0.25, -0.2) is 0 Å². The number of rotatable bonds is 3. The fraction of sp³-hybridized carbons (Fsp3) is 0.200. The van der Waals surface area contributed by atoms with Gasteiger partial charge in [-0.05, 0) is 31.2 Å². The van der Waals surface area contributed by atoms with Crippen molar-refractivity contribution in [2.75, 3.05) is 13.7 Å². The molecule has 0 saturated carbocycles. The standard InChI is InChI=1S/C8H10O2.C7H8O2/c1-2-10-8-6-4-3-5-7(8)9;1-9-7-5-3-2-4-6(7)8/h3-6,9H,2H2,1H3;2-5,8H,1H3. The summed E-state index contributed by atoms with van der Waals surface area (Å²) in [4.78, 5) is 0. The number of phenolic OH excluding ortho intramolecular Hbond substituents is 2. The average molecular weight is 262 g/mol. The third kappa shape index (κ3) is 4.79. The molecule has 0 fully saturated rings. The second kappa shape index (κ2) is 7.87. The molecule has 4 nitrogen and oxygen atoms in total. The van der Waals surface area contributed by atoms with Crippen LogP contribution >= 0.6 is 0 Å². The van der Waals surface area contributed by atoms with Crippen molar-refractivity contribution < 1.29 is 19.7 Å². The lowest BCUT2D eigenvalue weighted by atomic mass is 10.3. The van der Waals surface area contributed by atoms with Crippen molar-refractivity contribution in [1.82, 2.24) is 0 Å². The lowest BCUT2D eigenvalue weighted by molar-refractivity contribution is 0.318. The van der Waals surface area contributed by atoms with E-state index >= 15 is 0 Å². The summed E-state index contributed by atoms with van der Waals surface area (Å²) in [6.45, 7) is 2.46. The highest BCUT2D eigenvalue weighted by molar-refractivity contribution is 5.38. The molecule has 2 N–H and O–H groups in total. The van der Waals surface area contributed by atoms with E-state index < -0.39 is 0 Å². The first-order chi connectivity index (χ1) is 9.19. The second-order valence-corrected chi connectivity index (χ2v) is 3.57. The van der Waals surface area contributed by atoms with Crippen molar-refractivity contribution in [2.24, 2.45) is 0 Å². The monoisotopic (exact) mass is 262 g/mol. The summed E-state index contributed by atoms with van der Waals surface area (Å²) < 4.78 is 9.88. The highest BCUT2D eigenvalue weighted by Crippen LogP contribution is 2.24. The number of hydrogen-bond acceptors (Lipinski definition) is 4. The van der Waals surface area contributed by atoms with Gasteiger partial charge >= 0.3 is 0 Å². The topological polar surface area (TPSA) is 58.9 Å². The van der Waals surface area contributed by atoms with Crippen molar-refractivity contribution in [3.05, 3.63) is 48.5 Å². The number of para-hydroxylation sites is 4. The molecule has 102 valence electrons. The Kier molecular flexibility index (Phi) is 6.09. The van der Waals surface area contributed by atoms with Gasteiger partial charge in [0, 0.05) is 0 Å². The van der Waals surface area contributed by atoms with Crippen LogP contribution < -0.4 is 9.47 Å². The third-order valence-electron chi connectivity index (χ3n) is 2.25. The normalized spacial score (nSPS) is 9.16. The Morgan fingerprint density at radius 1 is 0.842 bits per heavy atom. The minimum Gasteiger partial charge on any atom is -0.504 e. The summed E-state index contributed by atoms with van der Waals surface area (Å²) in [5, 5.41) is 18.1. The molecule has 0 unspecified atom stereocenters. The number of hydrogen-bond donors (Lipinski definition) is 2. The maximum absolute atomic E-state index is 9.12. The largest absolute Gasteiger partial charge is 0.504 e. The maximum Gasteiger partial charge on any atom is 0.160 e. The zero-order valence-corrected chi connectivity index (χ0v) is 11.0. The molecule has 0 bridgehead atoms. The fourth-order valence-corrected chi connectivity index (χ4v) is 1.36. The van der Waals surface area contributed by atoms with Crippen LogP contribution in [0, 0.1) is 0 Å². The molecule has 0 spiro atoms. The van der Waals surface area contributed by atoms with Gasteiger partial charge in [0.15, 0.2) is 23.0 Å². The third-order valence-corrected chi connectivity index (χ3v) is 2.25. The number of methoxy groups -OCH3 is 1. The van der Waals surface area contributed by atoms with E-state index in [1.807, 2.05) is 13.0 Å². The number of aromatic hydroxyl groups is 2. The predicted octanol–water partition coefficient (Wildman–Crippen LogP) is 3.19. The Bertz CT molecular complexity index is 497. The van der Waals surface area contributed by atoms with Crippen LogP contribution in [0.5, 0.6) is 23.0 Å². The minimum absolute atomic E-state index is 0.181. The highest BCUT2D eigenvalue weighted by atomic mass is 16.5. The summed E-state index contributed by atoms with van der Waals surface area (Å²) in [5.74, 6) is 1.44. The van der Waals surface area contributed by atoms with Crippen molar-refractivity contribution in [1.29, 1.82) is 0 Å². The van der Waals surface area contributed by atoms with Crippen LogP contribution in [0.15, 0.2) is 48.5 Å². The van der Waals surface area contributed by atoms with Crippen molar-refractivity contribution in [2.45, 2.75) is 6.92 Å². The SMILES string of the molecule is CCOc1ccccc1O.COc1ccccc1O. The van der Waals surface area contributed by atoms with Crippen LogP contribution in [-0.4, -0.2) is 23.9 Å². The molecule has 0 aliphatic heterocycles. The Balaban J connectivity index is 0.000000191. The Morgan fingerprint density at radius 2 is 1.32 bits per heavy atom. The summed E-state index contributed by atoms with van der Waals surface area (Å²) in [6.07, 6.45) is 0. The molecule has 0 aliphatic rings. The number of benzene rings is 2. The molecule has 0 heterocycles. The van der Waals surface area contributed by atoms with Crippen molar-refractivity contribution in [3.63, 3.8) is 0 Å². The zero-order chi connectivity index (χ0) is 14.1. The summed E-state index contributed by atoms with van der Waals surface area (Å²) >= 11 is 0. The number of phenols is 2. The van der Waals surface area contributed by atoms with Gasteiger partial charge in [-0.1, -0.05) is 24.3 Å². The van der Waals surface area contributed by atoms with E-state index in [0.717, 1.165) is 0 Å². The Morgan fingerprint density at radius 3 is 1.68 bits per heavy atom. The molecular weight excluding hydrogens is 244 g/mol. The van der Waals surface area contributed by atoms with Gasteiger partial charge in [0.25, 0.3) is 0 Å². The quantitative estimate of drug-likeness (QED) is 0.891. The van der Waals surface area contributed by atoms with Gasteiger partial charge in [0.2, 0.25) is 0 Å². The minimum atomic E-state index is 0.181. The van der Waals surface area contributed by atoms with Crippen LogP contribution in [0.1, 0.15) is 6.92 Å². The first-order valence-corrected chi connectivity index (χ1v) is 5.91. The van der Waals surface area contributed by atoms with Gasteiger partial charge in [-0.2, -0.15) is 0 Å². The van der Waals surface area contributed by atoms with Crippen LogP contribution in [0.2, 0.25) is 0 Å². The molecule has 0 radical (unpaired) electrons. The second-order valence-electron chi connectivity index (χ2n) is 3.57. The lowest BCUT2D eigenvalue weighted by Crippen LogP contribution is -1.90. The van der Waals surface area contributed by atoms with Crippen LogP contribution in [0.25, 0.3) is 0 Å². The van der Waals surface area contributed by atoms with Crippen LogP contribution in [0.4, 0.5) is 0 Å². The van der Waals surface area contributed by atoms with E-state index in [1.54, 1.807) is 42.5 Å². The zero-order valence-electron chi connectivity index (χ0n) is 11.0. The van der Waals surface area contributed by atoms with Gasteiger partial charge in [-0.15, -0.1) is 0 Å². The van der Waals surface area contributed by atoms with E-state index in [2.05, 4.69) is 0 Å². The molecule has 4 heteroatoms. The van der Waals surface area contributed by atoms with E-state index in [4.69, 9.17) is 19.7 Å². The fourth-order valence-electron chi connectivity index (χ4n) is 1.36. The lowest BCUT2D eigenvalue weighted by Gasteiger charge is -2.02. The molecule has 0 amide bonds. The number of ether oxygens (including phenoxy) is 2. The van der Waals surface area contributed by atoms with Crippen molar-refractivity contribution in [3.8, 4) is 23.0 Å². The molecule has 0 atom stereocenters. The molecule has 0 aromatic heterocycles. The molecule has 2 aromatic rings. The molecule has 19 heavy (non-hydrogen) atoms. The van der Waals surface area contributed by atoms with E-state index in [1.165, 1.54) is 7.11 Å². The van der Waals surface area contributed by atoms with Gasteiger partial charge < -0.3 is 19.7 Å². The summed E-state index contributed by atoms with van der Waals surface area (Å²) in [5.41, 5.74) is 0. The molecule has 0 saturated heterocycles. The highest BCUT2D eigenvalue weighted by Gasteiger charge is 1.96. The van der Waals surface area contributed by atoms with Crippen molar-refractivity contribution >= 4 is 0 Å². The summed E-state index contributed by atoms with van der Waals surface area (Å²) in [7, 11) is 1.52. The van der Waals surface area contributed by atoms with Crippen LogP contribution in [-0.2, 0) is 0 Å². The maximum atomic E-state index is 9.12. The van der Waals surface area contributed by atoms with Gasteiger partial charge in [-0.3, -0.25) is 0 Å². The predicted molar refractivity (Wildman–Crippen MR) is 73.9 cm³/mol. The molecular formula is C15H18O4. The molecule has 2 rings (SSSR count). The smallest absolute Gasteiger partial charge is 0.160 e. The molecule has 2 aromatic carbocycles. The first kappa shape index (κ1) is 14.7. The van der Waals surface area contributed by atoms with Gasteiger partial charge in [0.05, 0.1) is 13.7 Å². The van der Waals surface area contributed by atoms with E-state index in [9.17, 15) is 0 Å². The first-order valence-electron chi connectivity index (χ1n) is 5.91.